The van der Waals surface area contributed by atoms with Crippen molar-refractivity contribution in [3.8, 4) is 0 Å². The monoisotopic (exact) mass is 247 g/mol. The number of carbonyl (C=O) groups excluding carboxylic acids is 1. The molecule has 1 amide bonds. The van der Waals surface area contributed by atoms with Gasteiger partial charge in [-0.25, -0.2) is 0 Å². The highest BCUT2D eigenvalue weighted by Crippen LogP contribution is 2.27. The molecule has 0 saturated carbocycles. The predicted molar refractivity (Wildman–Crippen MR) is 73.7 cm³/mol. The Morgan fingerprint density at radius 1 is 1.44 bits per heavy atom. The molecule has 4 nitrogen and oxygen atoms in total. The third kappa shape index (κ3) is 2.08. The number of benzene rings is 1. The Hall–Kier alpha value is -1.55. The molecule has 4 heteroatoms. The lowest BCUT2D eigenvalue weighted by Crippen LogP contribution is -2.62. The number of hydrogen-bond acceptors (Lipinski definition) is 3. The lowest BCUT2D eigenvalue weighted by Gasteiger charge is -2.42. The van der Waals surface area contributed by atoms with Crippen LogP contribution in [0.3, 0.4) is 0 Å². The summed E-state index contributed by atoms with van der Waals surface area (Å²) in [7, 11) is 0. The minimum Gasteiger partial charge on any atom is -0.354 e. The Morgan fingerprint density at radius 3 is 2.83 bits per heavy atom. The zero-order valence-electron chi connectivity index (χ0n) is 11.2. The van der Waals surface area contributed by atoms with E-state index in [0.29, 0.717) is 13.1 Å². The fourth-order valence-corrected chi connectivity index (χ4v) is 2.54. The zero-order chi connectivity index (χ0) is 13.3. The molecule has 1 aromatic rings. The van der Waals surface area contributed by atoms with Crippen LogP contribution in [0.4, 0.5) is 5.69 Å². The largest absolute Gasteiger partial charge is 0.354 e. The molecule has 0 aromatic heterocycles. The molecule has 0 aliphatic carbocycles. The summed E-state index contributed by atoms with van der Waals surface area (Å²) in [5, 5.41) is 2.91. The first-order chi connectivity index (χ1) is 8.56. The van der Waals surface area contributed by atoms with Crippen molar-refractivity contribution >= 4 is 11.6 Å². The van der Waals surface area contributed by atoms with Gasteiger partial charge >= 0.3 is 0 Å². The number of aryl methyl sites for hydroxylation is 1. The second kappa shape index (κ2) is 4.98. The Labute approximate surface area is 108 Å². The van der Waals surface area contributed by atoms with E-state index in [1.807, 2.05) is 6.07 Å². The third-order valence-corrected chi connectivity index (χ3v) is 3.76. The highest BCUT2D eigenvalue weighted by molar-refractivity contribution is 5.87. The molecular formula is C14H21N3O. The van der Waals surface area contributed by atoms with E-state index in [-0.39, 0.29) is 18.0 Å². The highest BCUT2D eigenvalue weighted by Gasteiger charge is 2.33. The predicted octanol–water partition coefficient (Wildman–Crippen LogP) is 0.955. The molecular weight excluding hydrogens is 226 g/mol. The molecule has 2 unspecified atom stereocenters. The minimum absolute atomic E-state index is 0.0245. The summed E-state index contributed by atoms with van der Waals surface area (Å²) in [5.41, 5.74) is 9.34. The fraction of sp³-hybridized carbons (Fsp3) is 0.500. The SMILES string of the molecule is Cc1cccc(N2C(C)CNC(=O)C2CN)c1C. The summed E-state index contributed by atoms with van der Waals surface area (Å²) in [6.45, 7) is 7.30. The van der Waals surface area contributed by atoms with Gasteiger partial charge in [0.1, 0.15) is 6.04 Å². The maximum Gasteiger partial charge on any atom is 0.244 e. The summed E-state index contributed by atoms with van der Waals surface area (Å²) < 4.78 is 0. The number of amides is 1. The molecule has 18 heavy (non-hydrogen) atoms. The van der Waals surface area contributed by atoms with E-state index >= 15 is 0 Å². The molecule has 98 valence electrons. The number of rotatable bonds is 2. The van der Waals surface area contributed by atoms with E-state index < -0.39 is 0 Å². The van der Waals surface area contributed by atoms with Crippen LogP contribution >= 0.6 is 0 Å². The van der Waals surface area contributed by atoms with Gasteiger partial charge in [-0.2, -0.15) is 0 Å². The number of piperazine rings is 1. The summed E-state index contributed by atoms with van der Waals surface area (Å²) in [5.74, 6) is 0.0245. The molecule has 1 aliphatic heterocycles. The van der Waals surface area contributed by atoms with Gasteiger partial charge in [0.25, 0.3) is 0 Å². The number of hydrogen-bond donors (Lipinski definition) is 2. The molecule has 0 bridgehead atoms. The number of carbonyl (C=O) groups is 1. The second-order valence-electron chi connectivity index (χ2n) is 4.97. The van der Waals surface area contributed by atoms with Crippen LogP contribution in [0, 0.1) is 13.8 Å². The van der Waals surface area contributed by atoms with Crippen LogP contribution in [-0.2, 0) is 4.79 Å². The van der Waals surface area contributed by atoms with E-state index in [1.165, 1.54) is 11.1 Å². The number of nitrogens with zero attached hydrogens (tertiary/aromatic N) is 1. The first-order valence-corrected chi connectivity index (χ1v) is 6.38. The minimum atomic E-state index is -0.269. The summed E-state index contributed by atoms with van der Waals surface area (Å²) in [6, 6.07) is 6.18. The lowest BCUT2D eigenvalue weighted by molar-refractivity contribution is -0.123. The molecule has 1 aliphatic rings. The molecule has 0 spiro atoms. The van der Waals surface area contributed by atoms with Crippen molar-refractivity contribution in [2.45, 2.75) is 32.9 Å². The standard InChI is InChI=1S/C14H21N3O/c1-9-5-4-6-12(11(9)3)17-10(2)8-16-14(18)13(17)7-15/h4-6,10,13H,7-8,15H2,1-3H3,(H,16,18). The Bertz CT molecular complexity index is 458. The van der Waals surface area contributed by atoms with Crippen LogP contribution < -0.4 is 16.0 Å². The van der Waals surface area contributed by atoms with E-state index in [1.54, 1.807) is 0 Å². The van der Waals surface area contributed by atoms with E-state index in [0.717, 1.165) is 5.69 Å². The molecule has 0 radical (unpaired) electrons. The molecule has 1 saturated heterocycles. The highest BCUT2D eigenvalue weighted by atomic mass is 16.2. The van der Waals surface area contributed by atoms with Crippen LogP contribution in [0.1, 0.15) is 18.1 Å². The molecule has 1 aromatic carbocycles. The van der Waals surface area contributed by atoms with Gasteiger partial charge in [0.15, 0.2) is 0 Å². The van der Waals surface area contributed by atoms with Crippen molar-refractivity contribution in [1.29, 1.82) is 0 Å². The smallest absolute Gasteiger partial charge is 0.244 e. The molecule has 1 heterocycles. The number of anilines is 1. The van der Waals surface area contributed by atoms with Gasteiger partial charge in [0.2, 0.25) is 5.91 Å². The van der Waals surface area contributed by atoms with Gasteiger partial charge in [0, 0.05) is 24.8 Å². The average molecular weight is 247 g/mol. The van der Waals surface area contributed by atoms with Crippen molar-refractivity contribution in [2.75, 3.05) is 18.0 Å². The Morgan fingerprint density at radius 2 is 2.17 bits per heavy atom. The maximum atomic E-state index is 11.9. The van der Waals surface area contributed by atoms with Crippen molar-refractivity contribution in [2.24, 2.45) is 5.73 Å². The first kappa shape index (κ1) is 12.9. The summed E-state index contributed by atoms with van der Waals surface area (Å²) >= 11 is 0. The topological polar surface area (TPSA) is 58.4 Å². The Kier molecular flexibility index (Phi) is 3.57. The van der Waals surface area contributed by atoms with Crippen LogP contribution in [0.5, 0.6) is 0 Å². The van der Waals surface area contributed by atoms with Crippen LogP contribution in [0.15, 0.2) is 18.2 Å². The fourth-order valence-electron chi connectivity index (χ4n) is 2.54. The normalized spacial score (nSPS) is 24.0. The van der Waals surface area contributed by atoms with Gasteiger partial charge in [-0.15, -0.1) is 0 Å². The van der Waals surface area contributed by atoms with Gasteiger partial charge in [-0.3, -0.25) is 4.79 Å². The molecule has 1 fully saturated rings. The van der Waals surface area contributed by atoms with Gasteiger partial charge < -0.3 is 16.0 Å². The third-order valence-electron chi connectivity index (χ3n) is 3.76. The summed E-state index contributed by atoms with van der Waals surface area (Å²) in [6.07, 6.45) is 0. The van der Waals surface area contributed by atoms with Crippen LogP contribution in [0.25, 0.3) is 0 Å². The maximum absolute atomic E-state index is 11.9. The van der Waals surface area contributed by atoms with Gasteiger partial charge in [-0.1, -0.05) is 12.1 Å². The van der Waals surface area contributed by atoms with Gasteiger partial charge in [0.05, 0.1) is 0 Å². The van der Waals surface area contributed by atoms with Crippen molar-refractivity contribution in [1.82, 2.24) is 5.32 Å². The van der Waals surface area contributed by atoms with Crippen molar-refractivity contribution in [3.63, 3.8) is 0 Å². The quantitative estimate of drug-likeness (QED) is 0.818. The molecule has 3 N–H and O–H groups in total. The molecule has 2 rings (SSSR count). The summed E-state index contributed by atoms with van der Waals surface area (Å²) in [4.78, 5) is 14.1. The molecule has 2 atom stereocenters. The Balaban J connectivity index is 2.45. The van der Waals surface area contributed by atoms with Crippen molar-refractivity contribution in [3.05, 3.63) is 29.3 Å². The van der Waals surface area contributed by atoms with Crippen LogP contribution in [-0.4, -0.2) is 31.1 Å². The average Bonchev–Trinajstić information content (AvgIpc) is 2.36. The van der Waals surface area contributed by atoms with E-state index in [4.69, 9.17) is 5.73 Å². The number of nitrogens with one attached hydrogen (secondary N) is 1. The van der Waals surface area contributed by atoms with E-state index in [9.17, 15) is 4.79 Å². The number of nitrogens with two attached hydrogens (primary N) is 1. The van der Waals surface area contributed by atoms with Crippen LogP contribution in [0.2, 0.25) is 0 Å². The second-order valence-corrected chi connectivity index (χ2v) is 4.97. The zero-order valence-corrected chi connectivity index (χ0v) is 11.2. The lowest BCUT2D eigenvalue weighted by atomic mass is 10.0. The van der Waals surface area contributed by atoms with Crippen molar-refractivity contribution < 1.29 is 4.79 Å². The first-order valence-electron chi connectivity index (χ1n) is 6.38. The van der Waals surface area contributed by atoms with Gasteiger partial charge in [-0.05, 0) is 38.0 Å². The van der Waals surface area contributed by atoms with E-state index in [2.05, 4.69) is 43.1 Å².